The Labute approximate surface area is 182 Å². The number of aromatic nitrogens is 2. The predicted octanol–water partition coefficient (Wildman–Crippen LogP) is 4.56. The van der Waals surface area contributed by atoms with Crippen LogP contribution in [0.4, 0.5) is 11.5 Å². The normalized spacial score (nSPS) is 13.5. The number of nitrogens with one attached hydrogen (secondary N) is 2. The van der Waals surface area contributed by atoms with Crippen LogP contribution in [0.2, 0.25) is 0 Å². The lowest BCUT2D eigenvalue weighted by atomic mass is 10.1. The number of amides is 1. The lowest BCUT2D eigenvalue weighted by Crippen LogP contribution is -2.06. The molecule has 0 saturated heterocycles. The van der Waals surface area contributed by atoms with E-state index in [1.807, 2.05) is 30.3 Å². The number of fused-ring (bicyclic) bond motifs is 2. The van der Waals surface area contributed by atoms with Crippen LogP contribution in [0.1, 0.15) is 25.3 Å². The number of hydrogen-bond acceptors (Lipinski definition) is 7. The number of para-hydroxylation sites is 1. The van der Waals surface area contributed by atoms with Crippen molar-refractivity contribution in [2.24, 2.45) is 0 Å². The maximum absolute atomic E-state index is 12.1. The van der Waals surface area contributed by atoms with Crippen LogP contribution in [0, 0.1) is 0 Å². The summed E-state index contributed by atoms with van der Waals surface area (Å²) in [4.78, 5) is 32.8. The van der Waals surface area contributed by atoms with Crippen LogP contribution in [0.25, 0.3) is 21.9 Å². The Morgan fingerprint density at radius 1 is 1.13 bits per heavy atom. The van der Waals surface area contributed by atoms with Gasteiger partial charge in [-0.15, -0.1) is 0 Å². The number of hydrogen-bond donors (Lipinski definition) is 2. The second-order valence-corrected chi connectivity index (χ2v) is 8.50. The largest absolute Gasteiger partial charge is 0.423 e. The smallest absolute Gasteiger partial charge is 0.336 e. The van der Waals surface area contributed by atoms with E-state index in [0.29, 0.717) is 28.2 Å². The highest BCUT2D eigenvalue weighted by Gasteiger charge is 2.23. The van der Waals surface area contributed by atoms with Gasteiger partial charge in [0.2, 0.25) is 5.91 Å². The Kier molecular flexibility index (Phi) is 5.07. The molecule has 0 radical (unpaired) electrons. The zero-order valence-corrected chi connectivity index (χ0v) is 17.7. The Morgan fingerprint density at radius 3 is 2.77 bits per heavy atom. The number of benzene rings is 2. The average molecular weight is 433 g/mol. The van der Waals surface area contributed by atoms with Gasteiger partial charge in [-0.2, -0.15) is 0 Å². The van der Waals surface area contributed by atoms with Crippen molar-refractivity contribution in [1.29, 1.82) is 0 Å². The molecular formula is C23H20N4O3S. The highest BCUT2D eigenvalue weighted by Crippen LogP contribution is 2.31. The van der Waals surface area contributed by atoms with E-state index >= 15 is 0 Å². The summed E-state index contributed by atoms with van der Waals surface area (Å²) in [5.74, 6) is 1.19. The zero-order valence-electron chi connectivity index (χ0n) is 16.8. The quantitative estimate of drug-likeness (QED) is 0.262. The van der Waals surface area contributed by atoms with E-state index in [1.54, 1.807) is 12.1 Å². The molecule has 0 aliphatic heterocycles. The topological polar surface area (TPSA) is 97.1 Å². The molecule has 1 aliphatic rings. The molecular weight excluding hydrogens is 412 g/mol. The molecule has 0 atom stereocenters. The lowest BCUT2D eigenvalue weighted by molar-refractivity contribution is -0.114. The lowest BCUT2D eigenvalue weighted by Gasteiger charge is -2.10. The van der Waals surface area contributed by atoms with E-state index < -0.39 is 5.63 Å². The van der Waals surface area contributed by atoms with E-state index in [1.165, 1.54) is 24.8 Å². The van der Waals surface area contributed by atoms with Gasteiger partial charge in [-0.1, -0.05) is 23.9 Å². The van der Waals surface area contributed by atoms with Crippen LogP contribution in [-0.2, 0) is 10.5 Å². The highest BCUT2D eigenvalue weighted by molar-refractivity contribution is 7.98. The van der Waals surface area contributed by atoms with Crippen molar-refractivity contribution in [2.75, 3.05) is 10.6 Å². The standard InChI is InChI=1S/C23H20N4O3S/c1-13(28)24-16-8-9-17-14(10-21(29)30-20(17)11-16)12-31-23-26-19-5-3-2-4-18(19)22(27-23)25-15-6-7-15/h2-5,8-11,15H,6-7,12H2,1H3,(H,24,28)(H,25,26,27). The number of thioether (sulfide) groups is 1. The summed E-state index contributed by atoms with van der Waals surface area (Å²) in [6, 6.07) is 15.2. The van der Waals surface area contributed by atoms with Crippen LogP contribution < -0.4 is 16.3 Å². The minimum absolute atomic E-state index is 0.183. The molecule has 2 heterocycles. The summed E-state index contributed by atoms with van der Waals surface area (Å²) < 4.78 is 5.35. The van der Waals surface area contributed by atoms with Crippen molar-refractivity contribution in [2.45, 2.75) is 36.7 Å². The van der Waals surface area contributed by atoms with Crippen molar-refractivity contribution in [3.05, 3.63) is 64.5 Å². The van der Waals surface area contributed by atoms with Gasteiger partial charge < -0.3 is 15.1 Å². The van der Waals surface area contributed by atoms with Gasteiger partial charge in [0.25, 0.3) is 0 Å². The van der Waals surface area contributed by atoms with Crippen LogP contribution in [0.5, 0.6) is 0 Å². The summed E-state index contributed by atoms with van der Waals surface area (Å²) in [5, 5.41) is 8.68. The van der Waals surface area contributed by atoms with Gasteiger partial charge in [-0.25, -0.2) is 14.8 Å². The molecule has 1 fully saturated rings. The third-order valence-corrected chi connectivity index (χ3v) is 5.90. The van der Waals surface area contributed by atoms with Crippen LogP contribution in [0.3, 0.4) is 0 Å². The van der Waals surface area contributed by atoms with Crippen molar-refractivity contribution in [3.63, 3.8) is 0 Å². The fraction of sp³-hybridized carbons (Fsp3) is 0.217. The third kappa shape index (κ3) is 4.39. The van der Waals surface area contributed by atoms with E-state index in [0.717, 1.165) is 40.5 Å². The maximum atomic E-state index is 12.1. The minimum Gasteiger partial charge on any atom is -0.423 e. The Bertz CT molecular complexity index is 1360. The van der Waals surface area contributed by atoms with Gasteiger partial charge in [0.05, 0.1) is 5.52 Å². The molecule has 2 N–H and O–H groups in total. The maximum Gasteiger partial charge on any atom is 0.336 e. The van der Waals surface area contributed by atoms with Gasteiger partial charge in [-0.3, -0.25) is 4.79 Å². The summed E-state index contributed by atoms with van der Waals surface area (Å²) in [5.41, 5.74) is 2.31. The average Bonchev–Trinajstić information content (AvgIpc) is 3.55. The molecule has 8 heteroatoms. The fourth-order valence-electron chi connectivity index (χ4n) is 3.42. The van der Waals surface area contributed by atoms with Crippen molar-refractivity contribution in [3.8, 4) is 0 Å². The van der Waals surface area contributed by atoms with Crippen LogP contribution in [0.15, 0.2) is 62.9 Å². The van der Waals surface area contributed by atoms with E-state index in [-0.39, 0.29) is 5.91 Å². The molecule has 2 aromatic carbocycles. The molecule has 0 unspecified atom stereocenters. The molecule has 7 nitrogen and oxygen atoms in total. The van der Waals surface area contributed by atoms with E-state index in [9.17, 15) is 9.59 Å². The van der Waals surface area contributed by atoms with Gasteiger partial charge >= 0.3 is 5.63 Å². The number of carbonyl (C=O) groups excluding carboxylic acids is 1. The monoisotopic (exact) mass is 432 g/mol. The van der Waals surface area contributed by atoms with E-state index in [2.05, 4.69) is 10.6 Å². The number of nitrogens with zero attached hydrogens (tertiary/aromatic N) is 2. The molecule has 0 bridgehead atoms. The Morgan fingerprint density at radius 2 is 1.97 bits per heavy atom. The first-order valence-electron chi connectivity index (χ1n) is 10.1. The second kappa shape index (κ2) is 8.03. The third-order valence-electron chi connectivity index (χ3n) is 5.01. The SMILES string of the molecule is CC(=O)Nc1ccc2c(CSc3nc(NC4CC4)c4ccccc4n3)cc(=O)oc2c1. The van der Waals surface area contributed by atoms with Crippen LogP contribution in [-0.4, -0.2) is 21.9 Å². The summed E-state index contributed by atoms with van der Waals surface area (Å²) in [6.07, 6.45) is 2.32. The molecule has 5 rings (SSSR count). The predicted molar refractivity (Wildman–Crippen MR) is 123 cm³/mol. The van der Waals surface area contributed by atoms with Gasteiger partial charge in [-0.05, 0) is 42.7 Å². The minimum atomic E-state index is -0.432. The molecule has 1 saturated carbocycles. The van der Waals surface area contributed by atoms with Crippen molar-refractivity contribution in [1.82, 2.24) is 9.97 Å². The molecule has 2 aromatic heterocycles. The first-order valence-corrected chi connectivity index (χ1v) is 11.0. The Hall–Kier alpha value is -3.39. The van der Waals surface area contributed by atoms with Crippen molar-refractivity contribution >= 4 is 51.0 Å². The fourth-order valence-corrected chi connectivity index (χ4v) is 4.27. The van der Waals surface area contributed by atoms with Gasteiger partial charge in [0, 0.05) is 47.3 Å². The summed E-state index contributed by atoms with van der Waals surface area (Å²) in [6.45, 7) is 1.43. The first-order chi connectivity index (χ1) is 15.0. The molecule has 156 valence electrons. The highest BCUT2D eigenvalue weighted by atomic mass is 32.2. The second-order valence-electron chi connectivity index (χ2n) is 7.56. The zero-order chi connectivity index (χ0) is 21.4. The van der Waals surface area contributed by atoms with Crippen LogP contribution >= 0.6 is 11.8 Å². The number of carbonyl (C=O) groups is 1. The molecule has 0 spiro atoms. The molecule has 31 heavy (non-hydrogen) atoms. The van der Waals surface area contributed by atoms with Gasteiger partial charge in [0.15, 0.2) is 5.16 Å². The summed E-state index contributed by atoms with van der Waals surface area (Å²) >= 11 is 1.48. The van der Waals surface area contributed by atoms with E-state index in [4.69, 9.17) is 14.4 Å². The first kappa shape index (κ1) is 19.6. The molecule has 1 aliphatic carbocycles. The molecule has 4 aromatic rings. The molecule has 1 amide bonds. The summed E-state index contributed by atoms with van der Waals surface area (Å²) in [7, 11) is 0. The van der Waals surface area contributed by atoms with Gasteiger partial charge in [0.1, 0.15) is 11.4 Å². The Balaban J connectivity index is 1.46. The number of rotatable bonds is 6. The van der Waals surface area contributed by atoms with Crippen molar-refractivity contribution < 1.29 is 9.21 Å². The number of anilines is 2.